The van der Waals surface area contributed by atoms with E-state index in [-0.39, 0.29) is 6.04 Å². The van der Waals surface area contributed by atoms with E-state index in [4.69, 9.17) is 4.74 Å². The van der Waals surface area contributed by atoms with Crippen LogP contribution in [0.3, 0.4) is 0 Å². The lowest BCUT2D eigenvalue weighted by atomic mass is 10.1. The van der Waals surface area contributed by atoms with Gasteiger partial charge in [0.15, 0.2) is 0 Å². The van der Waals surface area contributed by atoms with Gasteiger partial charge in [0.05, 0.1) is 11.9 Å². The zero-order valence-corrected chi connectivity index (χ0v) is 14.5. The van der Waals surface area contributed by atoms with Crippen molar-refractivity contribution in [3.05, 3.63) is 51.8 Å². The largest absolute Gasteiger partial charge is 0.456 e. The second-order valence-corrected chi connectivity index (χ2v) is 5.93. The van der Waals surface area contributed by atoms with Gasteiger partial charge < -0.3 is 10.1 Å². The standard InChI is InChI=1S/C17H21BrN2O/c1-5-15(19-4)16-7-6-13(10-20-16)21-14-8-11(2)17(18)12(3)9-14/h6-10,15,19H,5H2,1-4H3. The van der Waals surface area contributed by atoms with Crippen molar-refractivity contribution in [3.8, 4) is 11.5 Å². The molecule has 0 fully saturated rings. The number of halogens is 1. The van der Waals surface area contributed by atoms with Gasteiger partial charge in [0.1, 0.15) is 11.5 Å². The van der Waals surface area contributed by atoms with E-state index >= 15 is 0 Å². The van der Waals surface area contributed by atoms with Gasteiger partial charge in [-0.25, -0.2) is 0 Å². The molecule has 1 unspecified atom stereocenters. The van der Waals surface area contributed by atoms with Crippen LogP contribution in [0.2, 0.25) is 0 Å². The average molecular weight is 349 g/mol. The van der Waals surface area contributed by atoms with Crippen LogP contribution in [-0.4, -0.2) is 12.0 Å². The van der Waals surface area contributed by atoms with Gasteiger partial charge >= 0.3 is 0 Å². The van der Waals surface area contributed by atoms with Crippen LogP contribution in [0.5, 0.6) is 11.5 Å². The lowest BCUT2D eigenvalue weighted by molar-refractivity contribution is 0.476. The molecule has 0 radical (unpaired) electrons. The number of pyridine rings is 1. The van der Waals surface area contributed by atoms with Gasteiger partial charge in [-0.3, -0.25) is 4.98 Å². The summed E-state index contributed by atoms with van der Waals surface area (Å²) in [6.45, 7) is 6.26. The number of hydrogen-bond donors (Lipinski definition) is 1. The van der Waals surface area contributed by atoms with Crippen LogP contribution in [0.4, 0.5) is 0 Å². The molecule has 0 bridgehead atoms. The molecular formula is C17H21BrN2O. The Kier molecular flexibility index (Phi) is 5.37. The zero-order chi connectivity index (χ0) is 15.4. The monoisotopic (exact) mass is 348 g/mol. The third-order valence-corrected chi connectivity index (χ3v) is 4.77. The smallest absolute Gasteiger partial charge is 0.145 e. The predicted molar refractivity (Wildman–Crippen MR) is 90.0 cm³/mol. The van der Waals surface area contributed by atoms with Crippen LogP contribution in [0.15, 0.2) is 34.9 Å². The normalized spacial score (nSPS) is 12.2. The van der Waals surface area contributed by atoms with Gasteiger partial charge in [-0.05, 0) is 62.7 Å². The Labute approximate surface area is 134 Å². The number of ether oxygens (including phenoxy) is 1. The van der Waals surface area contributed by atoms with Crippen LogP contribution in [0.25, 0.3) is 0 Å². The van der Waals surface area contributed by atoms with Gasteiger partial charge in [-0.1, -0.05) is 22.9 Å². The van der Waals surface area contributed by atoms with Gasteiger partial charge in [-0.15, -0.1) is 0 Å². The van der Waals surface area contributed by atoms with Gasteiger partial charge in [0.2, 0.25) is 0 Å². The maximum absolute atomic E-state index is 5.89. The van der Waals surface area contributed by atoms with Crippen LogP contribution in [-0.2, 0) is 0 Å². The molecule has 0 amide bonds. The molecular weight excluding hydrogens is 328 g/mol. The Balaban J connectivity index is 2.17. The van der Waals surface area contributed by atoms with Crippen molar-refractivity contribution in [3.63, 3.8) is 0 Å². The molecule has 0 aliphatic rings. The quantitative estimate of drug-likeness (QED) is 0.832. The zero-order valence-electron chi connectivity index (χ0n) is 12.9. The fraction of sp³-hybridized carbons (Fsp3) is 0.353. The number of nitrogens with one attached hydrogen (secondary N) is 1. The van der Waals surface area contributed by atoms with Crippen LogP contribution >= 0.6 is 15.9 Å². The molecule has 3 nitrogen and oxygen atoms in total. The second-order valence-electron chi connectivity index (χ2n) is 5.14. The minimum atomic E-state index is 0.288. The Hall–Kier alpha value is -1.39. The van der Waals surface area contributed by atoms with Crippen molar-refractivity contribution < 1.29 is 4.74 Å². The molecule has 0 aliphatic heterocycles. The van der Waals surface area contributed by atoms with Crippen molar-refractivity contribution in [2.24, 2.45) is 0 Å². The first-order valence-corrected chi connectivity index (χ1v) is 7.92. The summed E-state index contributed by atoms with van der Waals surface area (Å²) < 4.78 is 7.02. The fourth-order valence-corrected chi connectivity index (χ4v) is 2.55. The molecule has 2 rings (SSSR count). The summed E-state index contributed by atoms with van der Waals surface area (Å²) in [6, 6.07) is 8.31. The van der Waals surface area contributed by atoms with E-state index in [1.807, 2.05) is 31.3 Å². The Morgan fingerprint density at radius 3 is 2.33 bits per heavy atom. The van der Waals surface area contributed by atoms with Gasteiger partial charge in [0.25, 0.3) is 0 Å². The molecule has 2 aromatic rings. The lowest BCUT2D eigenvalue weighted by Gasteiger charge is -2.14. The summed E-state index contributed by atoms with van der Waals surface area (Å²) in [5.41, 5.74) is 3.36. The molecule has 1 aromatic carbocycles. The van der Waals surface area contributed by atoms with E-state index in [2.05, 4.69) is 47.0 Å². The van der Waals surface area contributed by atoms with Crippen molar-refractivity contribution in [1.82, 2.24) is 10.3 Å². The molecule has 0 aliphatic carbocycles. The second kappa shape index (κ2) is 7.05. The summed E-state index contributed by atoms with van der Waals surface area (Å²) in [5.74, 6) is 1.59. The summed E-state index contributed by atoms with van der Waals surface area (Å²) in [7, 11) is 1.95. The molecule has 0 spiro atoms. The first-order chi connectivity index (χ1) is 10.0. The van der Waals surface area contributed by atoms with Gasteiger partial charge in [0, 0.05) is 10.5 Å². The maximum Gasteiger partial charge on any atom is 0.145 e. The number of aromatic nitrogens is 1. The van der Waals surface area contributed by atoms with E-state index in [1.54, 1.807) is 6.20 Å². The SMILES string of the molecule is CCC(NC)c1ccc(Oc2cc(C)c(Br)c(C)c2)cn1. The van der Waals surface area contributed by atoms with Crippen molar-refractivity contribution in [1.29, 1.82) is 0 Å². The van der Waals surface area contributed by atoms with Crippen molar-refractivity contribution >= 4 is 15.9 Å². The van der Waals surface area contributed by atoms with Gasteiger partial charge in [-0.2, -0.15) is 0 Å². The molecule has 112 valence electrons. The number of hydrogen-bond acceptors (Lipinski definition) is 3. The highest BCUT2D eigenvalue weighted by atomic mass is 79.9. The molecule has 1 N–H and O–H groups in total. The van der Waals surface area contributed by atoms with Crippen LogP contribution < -0.4 is 10.1 Å². The van der Waals surface area contributed by atoms with Crippen LogP contribution in [0.1, 0.15) is 36.2 Å². The topological polar surface area (TPSA) is 34.1 Å². The first kappa shape index (κ1) is 16.0. The Bertz CT molecular complexity index is 584. The molecule has 0 saturated heterocycles. The number of aryl methyl sites for hydroxylation is 2. The molecule has 1 atom stereocenters. The highest BCUT2D eigenvalue weighted by Crippen LogP contribution is 2.29. The van der Waals surface area contributed by atoms with E-state index in [0.717, 1.165) is 39.2 Å². The lowest BCUT2D eigenvalue weighted by Crippen LogP contribution is -2.16. The summed E-state index contributed by atoms with van der Waals surface area (Å²) in [4.78, 5) is 4.48. The summed E-state index contributed by atoms with van der Waals surface area (Å²) >= 11 is 3.57. The van der Waals surface area contributed by atoms with Crippen molar-refractivity contribution in [2.75, 3.05) is 7.05 Å². The third-order valence-electron chi connectivity index (χ3n) is 3.52. The average Bonchev–Trinajstić information content (AvgIpc) is 2.47. The predicted octanol–water partition coefficient (Wildman–Crippen LogP) is 4.92. The number of nitrogens with zero attached hydrogens (tertiary/aromatic N) is 1. The third kappa shape index (κ3) is 3.83. The fourth-order valence-electron chi connectivity index (χ4n) is 2.32. The van der Waals surface area contributed by atoms with E-state index < -0.39 is 0 Å². The summed E-state index contributed by atoms with van der Waals surface area (Å²) in [5, 5.41) is 3.25. The molecule has 4 heteroatoms. The van der Waals surface area contributed by atoms with Crippen molar-refractivity contribution in [2.45, 2.75) is 33.2 Å². The molecule has 1 aromatic heterocycles. The van der Waals surface area contributed by atoms with E-state index in [9.17, 15) is 0 Å². The highest BCUT2D eigenvalue weighted by Gasteiger charge is 2.09. The number of benzene rings is 1. The molecule has 0 saturated carbocycles. The minimum absolute atomic E-state index is 0.288. The van der Waals surface area contributed by atoms with E-state index in [1.165, 1.54) is 0 Å². The molecule has 1 heterocycles. The first-order valence-electron chi connectivity index (χ1n) is 7.13. The number of rotatable bonds is 5. The minimum Gasteiger partial charge on any atom is -0.456 e. The Morgan fingerprint density at radius 2 is 1.86 bits per heavy atom. The molecule has 21 heavy (non-hydrogen) atoms. The maximum atomic E-state index is 5.89. The van der Waals surface area contributed by atoms with Crippen LogP contribution in [0, 0.1) is 13.8 Å². The van der Waals surface area contributed by atoms with E-state index in [0.29, 0.717) is 0 Å². The Morgan fingerprint density at radius 1 is 1.19 bits per heavy atom. The highest BCUT2D eigenvalue weighted by molar-refractivity contribution is 9.10. The summed E-state index contributed by atoms with van der Waals surface area (Å²) in [6.07, 6.45) is 2.79.